The fraction of sp³-hybridized carbons (Fsp3) is 0.533. The van der Waals surface area contributed by atoms with E-state index in [1.807, 2.05) is 13.8 Å². The third-order valence-corrected chi connectivity index (χ3v) is 9.57. The van der Waals surface area contributed by atoms with Crippen molar-refractivity contribution >= 4 is 22.2 Å². The summed E-state index contributed by atoms with van der Waals surface area (Å²) in [5.41, 5.74) is 0.686. The number of carbonyl (C=O) groups excluding carboxylic acids is 2. The molecule has 0 spiro atoms. The number of fused-ring (bicyclic) bond motifs is 2. The van der Waals surface area contributed by atoms with E-state index in [2.05, 4.69) is 10.6 Å². The molecule has 45 heavy (non-hydrogen) atoms. The second-order valence-corrected chi connectivity index (χ2v) is 13.4. The number of hydrogen-bond donors (Lipinski definition) is 3. The predicted molar refractivity (Wildman–Crippen MR) is 158 cm³/mol. The molecule has 2 amide bonds. The number of rotatable bonds is 12. The van der Waals surface area contributed by atoms with Gasteiger partial charge in [0.1, 0.15) is 11.9 Å². The molecule has 14 nitrogen and oxygen atoms in total. The molecule has 3 aliphatic rings. The first-order chi connectivity index (χ1) is 21.5. The molecule has 3 aliphatic heterocycles. The summed E-state index contributed by atoms with van der Waals surface area (Å²) in [6.45, 7) is 4.24. The van der Waals surface area contributed by atoms with Crippen molar-refractivity contribution < 1.29 is 51.5 Å². The number of ether oxygens (including phenoxy) is 6. The maximum absolute atomic E-state index is 13.8. The largest absolute Gasteiger partial charge is 0.454 e. The van der Waals surface area contributed by atoms with Crippen molar-refractivity contribution in [2.24, 2.45) is 11.8 Å². The van der Waals surface area contributed by atoms with Gasteiger partial charge in [-0.25, -0.2) is 18.0 Å². The number of nitrogens with zero attached hydrogens (tertiary/aromatic N) is 1. The highest BCUT2D eigenvalue weighted by Crippen LogP contribution is 2.35. The summed E-state index contributed by atoms with van der Waals surface area (Å²) in [4.78, 5) is 24.7. The van der Waals surface area contributed by atoms with Crippen LogP contribution < -0.4 is 24.8 Å². The smallest absolute Gasteiger partial charge is 0.412 e. The number of carbonyl (C=O) groups is 2. The number of aliphatic hydroxyl groups is 1. The fourth-order valence-electron chi connectivity index (χ4n) is 5.46. The van der Waals surface area contributed by atoms with Gasteiger partial charge in [0.15, 0.2) is 17.8 Å². The van der Waals surface area contributed by atoms with E-state index in [0.29, 0.717) is 35.8 Å². The van der Waals surface area contributed by atoms with Crippen molar-refractivity contribution in [3.63, 3.8) is 0 Å². The van der Waals surface area contributed by atoms with Crippen molar-refractivity contribution in [2.75, 3.05) is 40.1 Å². The third kappa shape index (κ3) is 7.97. The topological polar surface area (TPSA) is 171 Å². The van der Waals surface area contributed by atoms with E-state index in [9.17, 15) is 23.1 Å². The first-order valence-electron chi connectivity index (χ1n) is 14.8. The summed E-state index contributed by atoms with van der Waals surface area (Å²) in [6, 6.07) is 9.94. The third-order valence-electron chi connectivity index (χ3n) is 7.75. The lowest BCUT2D eigenvalue weighted by Crippen LogP contribution is -2.51. The Hall–Kier alpha value is -3.63. The van der Waals surface area contributed by atoms with Crippen molar-refractivity contribution in [2.45, 2.75) is 56.1 Å². The van der Waals surface area contributed by atoms with E-state index in [1.54, 1.807) is 24.3 Å². The number of hydrogen-bond acceptors (Lipinski definition) is 11. The summed E-state index contributed by atoms with van der Waals surface area (Å²) >= 11 is 0. The zero-order valence-corrected chi connectivity index (χ0v) is 26.2. The second kappa shape index (κ2) is 14.2. The molecule has 0 radical (unpaired) electrons. The van der Waals surface area contributed by atoms with E-state index in [1.165, 1.54) is 29.6 Å². The predicted octanol–water partition coefficient (Wildman–Crippen LogP) is 2.24. The van der Waals surface area contributed by atoms with Gasteiger partial charge in [0.05, 0.1) is 36.2 Å². The molecule has 0 aliphatic carbocycles. The Balaban J connectivity index is 1.34. The maximum Gasteiger partial charge on any atom is 0.412 e. The van der Waals surface area contributed by atoms with E-state index >= 15 is 0 Å². The summed E-state index contributed by atoms with van der Waals surface area (Å²) in [7, 11) is -2.64. The highest BCUT2D eigenvalue weighted by Gasteiger charge is 2.44. The van der Waals surface area contributed by atoms with Crippen LogP contribution in [0.4, 0.5) is 9.59 Å². The minimum absolute atomic E-state index is 0.00296. The maximum atomic E-state index is 13.8. The number of alkyl carbamates (subject to hydrolysis) is 1. The molecular formula is C30H39N3O11S. The molecule has 3 heterocycles. The fourth-order valence-corrected chi connectivity index (χ4v) is 7.10. The van der Waals surface area contributed by atoms with Crippen LogP contribution in [0.15, 0.2) is 47.4 Å². The first-order valence-corrected chi connectivity index (χ1v) is 16.2. The molecule has 0 saturated carbocycles. The number of amides is 2. The van der Waals surface area contributed by atoms with Crippen LogP contribution in [0.25, 0.3) is 0 Å². The molecule has 3 N–H and O–H groups in total. The summed E-state index contributed by atoms with van der Waals surface area (Å²) in [6.07, 6.45) is -2.85. The molecule has 246 valence electrons. The Bertz CT molecular complexity index is 1450. The van der Waals surface area contributed by atoms with Gasteiger partial charge in [0.2, 0.25) is 16.8 Å². The molecule has 0 aromatic heterocycles. The SMILES string of the molecule is CNC(=O)Oc1ccc(CC(NC(=O)OC2COC3OCCC23)C(O)CN(CC(C)C)S(=O)(=O)c2ccc3c(c2)OCO3)cc1. The summed E-state index contributed by atoms with van der Waals surface area (Å²) in [5, 5.41) is 16.7. The lowest BCUT2D eigenvalue weighted by atomic mass is 10.0. The van der Waals surface area contributed by atoms with Crippen molar-refractivity contribution in [1.29, 1.82) is 0 Å². The highest BCUT2D eigenvalue weighted by molar-refractivity contribution is 7.89. The van der Waals surface area contributed by atoms with Gasteiger partial charge < -0.3 is 44.2 Å². The van der Waals surface area contributed by atoms with Crippen LogP contribution in [0, 0.1) is 11.8 Å². The zero-order chi connectivity index (χ0) is 32.1. The van der Waals surface area contributed by atoms with Gasteiger partial charge in [0, 0.05) is 26.2 Å². The molecule has 15 heteroatoms. The van der Waals surface area contributed by atoms with Crippen molar-refractivity contribution in [1.82, 2.24) is 14.9 Å². The van der Waals surface area contributed by atoms with Gasteiger partial charge >= 0.3 is 12.2 Å². The second-order valence-electron chi connectivity index (χ2n) is 11.5. The molecule has 2 saturated heterocycles. The van der Waals surface area contributed by atoms with E-state index in [-0.39, 0.29) is 49.6 Å². The normalized spacial score (nSPS) is 21.8. The molecule has 5 unspecified atom stereocenters. The Morgan fingerprint density at radius 2 is 1.80 bits per heavy atom. The Kier molecular flexibility index (Phi) is 10.3. The van der Waals surface area contributed by atoms with Crippen LogP contribution in [-0.4, -0.2) is 94.7 Å². The van der Waals surface area contributed by atoms with Gasteiger partial charge in [-0.05, 0) is 48.6 Å². The summed E-state index contributed by atoms with van der Waals surface area (Å²) < 4.78 is 61.5. The molecular weight excluding hydrogens is 610 g/mol. The minimum atomic E-state index is -4.09. The molecule has 0 bridgehead atoms. The van der Waals surface area contributed by atoms with Crippen LogP contribution in [0.3, 0.4) is 0 Å². The number of sulfonamides is 1. The van der Waals surface area contributed by atoms with Crippen molar-refractivity contribution in [3.05, 3.63) is 48.0 Å². The first kappa shape index (κ1) is 32.8. The molecule has 2 aromatic rings. The quantitative estimate of drug-likeness (QED) is 0.308. The van der Waals surface area contributed by atoms with E-state index < -0.39 is 46.7 Å². The Labute approximate surface area is 261 Å². The van der Waals surface area contributed by atoms with Crippen LogP contribution >= 0.6 is 0 Å². The average Bonchev–Trinajstić information content (AvgIpc) is 3.75. The molecule has 5 atom stereocenters. The number of benzene rings is 2. The van der Waals surface area contributed by atoms with Crippen LogP contribution in [0.5, 0.6) is 17.2 Å². The van der Waals surface area contributed by atoms with Crippen LogP contribution in [0.2, 0.25) is 0 Å². The summed E-state index contributed by atoms with van der Waals surface area (Å²) in [5.74, 6) is 0.907. The van der Waals surface area contributed by atoms with E-state index in [4.69, 9.17) is 28.4 Å². The van der Waals surface area contributed by atoms with Crippen LogP contribution in [-0.2, 0) is 30.7 Å². The lowest BCUT2D eigenvalue weighted by molar-refractivity contribution is -0.0907. The van der Waals surface area contributed by atoms with Gasteiger partial charge in [-0.2, -0.15) is 4.31 Å². The average molecular weight is 650 g/mol. The molecule has 2 fully saturated rings. The number of nitrogens with one attached hydrogen (secondary N) is 2. The molecule has 5 rings (SSSR count). The lowest BCUT2D eigenvalue weighted by Gasteiger charge is -2.31. The number of aliphatic hydroxyl groups excluding tert-OH is 1. The van der Waals surface area contributed by atoms with Gasteiger partial charge in [-0.1, -0.05) is 26.0 Å². The van der Waals surface area contributed by atoms with Gasteiger partial charge in [0.25, 0.3) is 0 Å². The van der Waals surface area contributed by atoms with Gasteiger partial charge in [-0.3, -0.25) is 0 Å². The van der Waals surface area contributed by atoms with E-state index in [0.717, 1.165) is 0 Å². The molecule has 2 aromatic carbocycles. The standard InChI is InChI=1S/C30H39N3O11S/c1-18(2)14-33(45(37,38)21-8-9-25-26(13-21)42-17-41-25)15-24(34)23(12-19-4-6-20(7-5-19)43-29(35)31-3)32-30(36)44-27-16-40-28-22(27)10-11-39-28/h4-9,13,18,22-24,27-28,34H,10-12,14-17H2,1-3H3,(H,31,35)(H,32,36). The van der Waals surface area contributed by atoms with Crippen molar-refractivity contribution in [3.8, 4) is 17.2 Å². The highest BCUT2D eigenvalue weighted by atomic mass is 32.2. The zero-order valence-electron chi connectivity index (χ0n) is 25.3. The minimum Gasteiger partial charge on any atom is -0.454 e. The van der Waals surface area contributed by atoms with Gasteiger partial charge in [-0.15, -0.1) is 0 Å². The Morgan fingerprint density at radius 1 is 1.04 bits per heavy atom. The Morgan fingerprint density at radius 3 is 2.53 bits per heavy atom. The van der Waals surface area contributed by atoms with Crippen LogP contribution in [0.1, 0.15) is 25.8 Å². The monoisotopic (exact) mass is 649 g/mol.